The molecular weight excluding hydrogens is 246 g/mol. The number of esters is 1. The number of rotatable bonds is 5. The predicted molar refractivity (Wildman–Crippen MR) is 75.1 cm³/mol. The molecule has 0 spiro atoms. The van der Waals surface area contributed by atoms with Crippen LogP contribution < -0.4 is 5.73 Å². The van der Waals surface area contributed by atoms with Crippen molar-refractivity contribution in [2.75, 3.05) is 27.1 Å². The molecule has 0 heterocycles. The van der Waals surface area contributed by atoms with E-state index in [9.17, 15) is 4.79 Å². The van der Waals surface area contributed by atoms with E-state index in [0.29, 0.717) is 17.7 Å². The molecule has 0 radical (unpaired) electrons. The van der Waals surface area contributed by atoms with Crippen molar-refractivity contribution in [2.24, 2.45) is 0 Å². The van der Waals surface area contributed by atoms with Crippen LogP contribution in [0.1, 0.15) is 29.8 Å². The lowest BCUT2D eigenvalue weighted by molar-refractivity contribution is -0.100. The molecule has 5 heteroatoms. The highest BCUT2D eigenvalue weighted by molar-refractivity contribution is 5.90. The fraction of sp³-hybridized carbons (Fsp3) is 0.500. The van der Waals surface area contributed by atoms with Crippen molar-refractivity contribution in [3.05, 3.63) is 29.3 Å². The van der Waals surface area contributed by atoms with Crippen molar-refractivity contribution in [1.29, 1.82) is 0 Å². The summed E-state index contributed by atoms with van der Waals surface area (Å²) in [4.78, 5) is 11.3. The Balaban J connectivity index is 0.00000154. The zero-order valence-corrected chi connectivity index (χ0v) is 12.2. The Labute approximate surface area is 114 Å². The topological polar surface area (TPSA) is 70.8 Å². The highest BCUT2D eigenvalue weighted by atomic mass is 16.7. The van der Waals surface area contributed by atoms with Gasteiger partial charge >= 0.3 is 5.97 Å². The van der Waals surface area contributed by atoms with Gasteiger partial charge in [0.2, 0.25) is 0 Å². The van der Waals surface area contributed by atoms with Crippen molar-refractivity contribution in [1.82, 2.24) is 0 Å². The molecule has 0 aromatic heterocycles. The molecule has 1 aromatic carbocycles. The van der Waals surface area contributed by atoms with Gasteiger partial charge < -0.3 is 19.9 Å². The Kier molecular flexibility index (Phi) is 8.57. The van der Waals surface area contributed by atoms with Crippen LogP contribution in [0.15, 0.2) is 18.2 Å². The zero-order valence-electron chi connectivity index (χ0n) is 12.2. The first-order chi connectivity index (χ1) is 9.12. The van der Waals surface area contributed by atoms with E-state index in [2.05, 4.69) is 4.74 Å². The standard InChI is InChI=1S/C12H17NO4.C2H6/c1-15-11(16-2)7-8-4-5-9(6-10(8)13)12(14)17-3;1-2/h4-6,11H,7,13H2,1-3H3;1-2H3. The SMILES string of the molecule is CC.COC(=O)c1ccc(CC(OC)OC)c(N)c1. The van der Waals surface area contributed by atoms with E-state index in [1.165, 1.54) is 7.11 Å². The number of hydrogen-bond acceptors (Lipinski definition) is 5. The maximum Gasteiger partial charge on any atom is 0.337 e. The summed E-state index contributed by atoms with van der Waals surface area (Å²) in [6, 6.07) is 5.02. The van der Waals surface area contributed by atoms with Crippen LogP contribution in [0.4, 0.5) is 5.69 Å². The first-order valence-corrected chi connectivity index (χ1v) is 6.14. The number of anilines is 1. The molecule has 2 N–H and O–H groups in total. The minimum absolute atomic E-state index is 0.346. The van der Waals surface area contributed by atoms with Crippen LogP contribution in [-0.2, 0) is 20.6 Å². The minimum atomic E-state index is -0.404. The molecule has 0 aliphatic heterocycles. The van der Waals surface area contributed by atoms with Gasteiger partial charge in [-0.1, -0.05) is 19.9 Å². The lowest BCUT2D eigenvalue weighted by Crippen LogP contribution is -2.17. The van der Waals surface area contributed by atoms with E-state index < -0.39 is 5.97 Å². The van der Waals surface area contributed by atoms with Gasteiger partial charge in [0.15, 0.2) is 6.29 Å². The monoisotopic (exact) mass is 269 g/mol. The zero-order chi connectivity index (χ0) is 14.8. The summed E-state index contributed by atoms with van der Waals surface area (Å²) in [5.41, 5.74) is 7.67. The average Bonchev–Trinajstić information content (AvgIpc) is 2.47. The van der Waals surface area contributed by atoms with Crippen molar-refractivity contribution in [3.8, 4) is 0 Å². The second kappa shape index (κ2) is 9.35. The summed E-state index contributed by atoms with van der Waals surface area (Å²) < 4.78 is 14.8. The molecule has 0 atom stereocenters. The Bertz CT molecular complexity index is 389. The normalized spacial score (nSPS) is 9.79. The fourth-order valence-corrected chi connectivity index (χ4v) is 1.47. The molecule has 108 valence electrons. The molecule has 5 nitrogen and oxygen atoms in total. The molecule has 1 rings (SSSR count). The predicted octanol–water partition coefficient (Wildman–Crippen LogP) is 2.24. The lowest BCUT2D eigenvalue weighted by atomic mass is 10.1. The van der Waals surface area contributed by atoms with Gasteiger partial charge in [-0.3, -0.25) is 0 Å². The number of benzene rings is 1. The van der Waals surface area contributed by atoms with Gasteiger partial charge in [-0.2, -0.15) is 0 Å². The maximum atomic E-state index is 11.3. The van der Waals surface area contributed by atoms with Crippen molar-refractivity contribution in [3.63, 3.8) is 0 Å². The van der Waals surface area contributed by atoms with E-state index in [-0.39, 0.29) is 6.29 Å². The van der Waals surface area contributed by atoms with Crippen LogP contribution in [0.25, 0.3) is 0 Å². The van der Waals surface area contributed by atoms with E-state index in [0.717, 1.165) is 5.56 Å². The molecule has 0 unspecified atom stereocenters. The number of carbonyl (C=O) groups excluding carboxylic acids is 1. The lowest BCUT2D eigenvalue weighted by Gasteiger charge is -2.14. The van der Waals surface area contributed by atoms with Crippen LogP contribution >= 0.6 is 0 Å². The molecule has 0 saturated carbocycles. The minimum Gasteiger partial charge on any atom is -0.465 e. The van der Waals surface area contributed by atoms with Crippen LogP contribution in [-0.4, -0.2) is 33.6 Å². The number of carbonyl (C=O) groups is 1. The largest absolute Gasteiger partial charge is 0.465 e. The highest BCUT2D eigenvalue weighted by Crippen LogP contribution is 2.17. The summed E-state index contributed by atoms with van der Waals surface area (Å²) in [5, 5.41) is 0. The third-order valence-electron chi connectivity index (χ3n) is 2.48. The Morgan fingerprint density at radius 1 is 1.21 bits per heavy atom. The van der Waals surface area contributed by atoms with Gasteiger partial charge in [-0.25, -0.2) is 4.79 Å². The number of methoxy groups -OCH3 is 3. The van der Waals surface area contributed by atoms with Crippen LogP contribution in [0.3, 0.4) is 0 Å². The average molecular weight is 269 g/mol. The molecular formula is C14H23NO4. The molecule has 0 bridgehead atoms. The Hall–Kier alpha value is -1.59. The first-order valence-electron chi connectivity index (χ1n) is 6.14. The molecule has 1 aromatic rings. The second-order valence-corrected chi connectivity index (χ2v) is 3.51. The smallest absolute Gasteiger partial charge is 0.337 e. The van der Waals surface area contributed by atoms with Gasteiger partial charge in [0, 0.05) is 26.3 Å². The molecule has 0 fully saturated rings. The highest BCUT2D eigenvalue weighted by Gasteiger charge is 2.12. The van der Waals surface area contributed by atoms with Crippen LogP contribution in [0, 0.1) is 0 Å². The van der Waals surface area contributed by atoms with Gasteiger partial charge in [-0.05, 0) is 17.7 Å². The summed E-state index contributed by atoms with van der Waals surface area (Å²) >= 11 is 0. The molecule has 19 heavy (non-hydrogen) atoms. The number of hydrogen-bond donors (Lipinski definition) is 1. The summed E-state index contributed by atoms with van der Waals surface area (Å²) in [6.45, 7) is 4.00. The maximum absolute atomic E-state index is 11.3. The number of nitrogen functional groups attached to an aromatic ring is 1. The van der Waals surface area contributed by atoms with Gasteiger partial charge in [0.05, 0.1) is 12.7 Å². The summed E-state index contributed by atoms with van der Waals surface area (Å²) in [6.07, 6.45) is 0.182. The van der Waals surface area contributed by atoms with Crippen molar-refractivity contribution >= 4 is 11.7 Å². The van der Waals surface area contributed by atoms with E-state index in [1.54, 1.807) is 32.4 Å². The van der Waals surface area contributed by atoms with Gasteiger partial charge in [0.1, 0.15) is 0 Å². The molecule has 0 aliphatic rings. The van der Waals surface area contributed by atoms with Gasteiger partial charge in [0.25, 0.3) is 0 Å². The van der Waals surface area contributed by atoms with Gasteiger partial charge in [-0.15, -0.1) is 0 Å². The fourth-order valence-electron chi connectivity index (χ4n) is 1.47. The van der Waals surface area contributed by atoms with E-state index in [4.69, 9.17) is 15.2 Å². The molecule has 0 amide bonds. The quantitative estimate of drug-likeness (QED) is 0.504. The van der Waals surface area contributed by atoms with E-state index in [1.807, 2.05) is 13.8 Å². The Morgan fingerprint density at radius 3 is 2.21 bits per heavy atom. The number of nitrogens with two attached hydrogens (primary N) is 1. The summed E-state index contributed by atoms with van der Waals surface area (Å²) in [5.74, 6) is -0.404. The van der Waals surface area contributed by atoms with Crippen molar-refractivity contribution < 1.29 is 19.0 Å². The third-order valence-corrected chi connectivity index (χ3v) is 2.48. The molecule has 0 aliphatic carbocycles. The van der Waals surface area contributed by atoms with Crippen molar-refractivity contribution in [2.45, 2.75) is 26.6 Å². The first kappa shape index (κ1) is 17.4. The van der Waals surface area contributed by atoms with E-state index >= 15 is 0 Å². The third kappa shape index (κ3) is 5.28. The molecule has 0 saturated heterocycles. The second-order valence-electron chi connectivity index (χ2n) is 3.51. The number of ether oxygens (including phenoxy) is 3. The Morgan fingerprint density at radius 2 is 1.79 bits per heavy atom. The van der Waals surface area contributed by atoms with Crippen LogP contribution in [0.2, 0.25) is 0 Å². The summed E-state index contributed by atoms with van der Waals surface area (Å²) in [7, 11) is 4.46. The van der Waals surface area contributed by atoms with Crippen LogP contribution in [0.5, 0.6) is 0 Å².